The third kappa shape index (κ3) is 7.24. The molecule has 0 amide bonds. The highest BCUT2D eigenvalue weighted by atomic mass is 35.5. The van der Waals surface area contributed by atoms with E-state index < -0.39 is 10.0 Å². The molecule has 0 heterocycles. The Morgan fingerprint density at radius 1 is 1.18 bits per heavy atom. The molecular weight excluding hydrogens is 262 g/mol. The molecule has 0 aromatic rings. The summed E-state index contributed by atoms with van der Waals surface area (Å²) in [5, 5.41) is 0. The Hall–Kier alpha value is 0.160. The van der Waals surface area contributed by atoms with Crippen molar-refractivity contribution in [2.45, 2.75) is 32.1 Å². The number of sulfonamides is 1. The molecule has 1 fully saturated rings. The molecule has 0 saturated heterocycles. The molecule has 0 unspecified atom stereocenters. The summed E-state index contributed by atoms with van der Waals surface area (Å²) < 4.78 is 31.2. The Morgan fingerprint density at radius 2 is 1.88 bits per heavy atom. The van der Waals surface area contributed by atoms with Gasteiger partial charge in [-0.3, -0.25) is 0 Å². The van der Waals surface area contributed by atoms with Crippen LogP contribution in [0.3, 0.4) is 0 Å². The second-order valence-electron chi connectivity index (χ2n) is 4.48. The largest absolute Gasteiger partial charge is 0.379 e. The van der Waals surface area contributed by atoms with Crippen LogP contribution in [0.5, 0.6) is 0 Å². The second-order valence-corrected chi connectivity index (χ2v) is 6.71. The Balaban J connectivity index is 2.16. The van der Waals surface area contributed by atoms with Gasteiger partial charge in [0.2, 0.25) is 10.0 Å². The van der Waals surface area contributed by atoms with Gasteiger partial charge in [0, 0.05) is 12.4 Å². The SMILES string of the molecule is O=S(=O)(CC1CCCCC1)NCCOCCCl. The Morgan fingerprint density at radius 3 is 2.53 bits per heavy atom. The Labute approximate surface area is 109 Å². The standard InChI is InChI=1S/C11H22ClNO3S/c12-6-8-16-9-7-13-17(14,15)10-11-4-2-1-3-5-11/h11,13H,1-10H2. The lowest BCUT2D eigenvalue weighted by Crippen LogP contribution is -2.33. The maximum absolute atomic E-state index is 11.7. The summed E-state index contributed by atoms with van der Waals surface area (Å²) in [6.45, 7) is 1.19. The molecule has 1 saturated carbocycles. The van der Waals surface area contributed by atoms with Gasteiger partial charge in [0.25, 0.3) is 0 Å². The summed E-state index contributed by atoms with van der Waals surface area (Å²) in [5.74, 6) is 1.04. The molecule has 6 heteroatoms. The van der Waals surface area contributed by atoms with E-state index in [0.29, 0.717) is 31.6 Å². The lowest BCUT2D eigenvalue weighted by molar-refractivity contribution is 0.155. The summed E-state index contributed by atoms with van der Waals surface area (Å²) in [6.07, 6.45) is 5.67. The molecule has 0 atom stereocenters. The quantitative estimate of drug-likeness (QED) is 0.545. The number of hydrogen-bond donors (Lipinski definition) is 1. The van der Waals surface area contributed by atoms with Gasteiger partial charge >= 0.3 is 0 Å². The molecule has 0 radical (unpaired) electrons. The van der Waals surface area contributed by atoms with E-state index in [0.717, 1.165) is 12.8 Å². The van der Waals surface area contributed by atoms with Crippen molar-refractivity contribution in [2.75, 3.05) is 31.4 Å². The van der Waals surface area contributed by atoms with Gasteiger partial charge in [-0.2, -0.15) is 0 Å². The van der Waals surface area contributed by atoms with E-state index >= 15 is 0 Å². The summed E-state index contributed by atoms with van der Waals surface area (Å²) in [6, 6.07) is 0. The predicted octanol–water partition coefficient (Wildman–Crippen LogP) is 1.74. The Kier molecular flexibility index (Phi) is 7.43. The van der Waals surface area contributed by atoms with Crippen molar-refractivity contribution in [2.24, 2.45) is 5.92 Å². The molecule has 1 rings (SSSR count). The van der Waals surface area contributed by atoms with Crippen molar-refractivity contribution < 1.29 is 13.2 Å². The van der Waals surface area contributed by atoms with Gasteiger partial charge in [-0.25, -0.2) is 13.1 Å². The minimum absolute atomic E-state index is 0.266. The summed E-state index contributed by atoms with van der Waals surface area (Å²) in [7, 11) is -3.13. The number of nitrogens with one attached hydrogen (secondary N) is 1. The Bertz CT molecular complexity index is 289. The smallest absolute Gasteiger partial charge is 0.211 e. The first kappa shape index (κ1) is 15.2. The van der Waals surface area contributed by atoms with Gasteiger partial charge in [-0.15, -0.1) is 11.6 Å². The fraction of sp³-hybridized carbons (Fsp3) is 1.00. The first-order valence-corrected chi connectivity index (χ1v) is 8.44. The highest BCUT2D eigenvalue weighted by Crippen LogP contribution is 2.24. The molecular formula is C11H22ClNO3S. The fourth-order valence-electron chi connectivity index (χ4n) is 2.15. The normalized spacial score (nSPS) is 18.4. The van der Waals surface area contributed by atoms with E-state index in [2.05, 4.69) is 4.72 Å². The summed E-state index contributed by atoms with van der Waals surface area (Å²) in [4.78, 5) is 0. The van der Waals surface area contributed by atoms with Gasteiger partial charge < -0.3 is 4.74 Å². The van der Waals surface area contributed by atoms with Crippen molar-refractivity contribution in [3.63, 3.8) is 0 Å². The molecule has 0 spiro atoms. The number of hydrogen-bond acceptors (Lipinski definition) is 3. The molecule has 0 aromatic heterocycles. The molecule has 1 aliphatic rings. The highest BCUT2D eigenvalue weighted by Gasteiger charge is 2.20. The molecule has 1 aliphatic carbocycles. The lowest BCUT2D eigenvalue weighted by atomic mass is 9.91. The van der Waals surface area contributed by atoms with Gasteiger partial charge in [-0.05, 0) is 18.8 Å². The van der Waals surface area contributed by atoms with Crippen LogP contribution in [0.2, 0.25) is 0 Å². The van der Waals surface area contributed by atoms with Crippen molar-refractivity contribution in [3.05, 3.63) is 0 Å². The van der Waals surface area contributed by atoms with Crippen LogP contribution in [0.4, 0.5) is 0 Å². The van der Waals surface area contributed by atoms with Gasteiger partial charge in [0.1, 0.15) is 0 Å². The van der Waals surface area contributed by atoms with E-state index in [1.54, 1.807) is 0 Å². The zero-order chi connectivity index (χ0) is 12.6. The van der Waals surface area contributed by atoms with Crippen LogP contribution in [0.1, 0.15) is 32.1 Å². The average molecular weight is 284 g/mol. The van der Waals surface area contributed by atoms with Crippen molar-refractivity contribution >= 4 is 21.6 Å². The van der Waals surface area contributed by atoms with Crippen LogP contribution < -0.4 is 4.72 Å². The van der Waals surface area contributed by atoms with Crippen LogP contribution >= 0.6 is 11.6 Å². The average Bonchev–Trinajstić information content (AvgIpc) is 2.29. The van der Waals surface area contributed by atoms with Gasteiger partial charge in [-0.1, -0.05) is 19.3 Å². The highest BCUT2D eigenvalue weighted by molar-refractivity contribution is 7.89. The number of ether oxygens (including phenoxy) is 1. The summed E-state index contributed by atoms with van der Waals surface area (Å²) in [5.41, 5.74) is 0. The topological polar surface area (TPSA) is 55.4 Å². The first-order chi connectivity index (χ1) is 8.14. The van der Waals surface area contributed by atoms with E-state index in [1.807, 2.05) is 0 Å². The van der Waals surface area contributed by atoms with E-state index in [4.69, 9.17) is 16.3 Å². The molecule has 102 valence electrons. The first-order valence-electron chi connectivity index (χ1n) is 6.25. The molecule has 0 aromatic carbocycles. The van der Waals surface area contributed by atoms with E-state index in [-0.39, 0.29) is 5.75 Å². The zero-order valence-electron chi connectivity index (χ0n) is 10.2. The van der Waals surface area contributed by atoms with E-state index in [1.165, 1.54) is 19.3 Å². The van der Waals surface area contributed by atoms with Crippen LogP contribution in [-0.2, 0) is 14.8 Å². The monoisotopic (exact) mass is 283 g/mol. The second kappa shape index (κ2) is 8.29. The molecule has 4 nitrogen and oxygen atoms in total. The maximum atomic E-state index is 11.7. The number of halogens is 1. The lowest BCUT2D eigenvalue weighted by Gasteiger charge is -2.21. The van der Waals surface area contributed by atoms with Crippen LogP contribution in [0, 0.1) is 5.92 Å². The number of rotatable bonds is 8. The van der Waals surface area contributed by atoms with Crippen molar-refractivity contribution in [1.82, 2.24) is 4.72 Å². The fourth-order valence-corrected chi connectivity index (χ4v) is 3.72. The van der Waals surface area contributed by atoms with Crippen molar-refractivity contribution in [3.8, 4) is 0 Å². The molecule has 0 bridgehead atoms. The van der Waals surface area contributed by atoms with Crippen LogP contribution in [0.25, 0.3) is 0 Å². The number of alkyl halides is 1. The zero-order valence-corrected chi connectivity index (χ0v) is 11.7. The minimum Gasteiger partial charge on any atom is -0.379 e. The van der Waals surface area contributed by atoms with Crippen LogP contribution in [-0.4, -0.2) is 39.8 Å². The molecule has 0 aliphatic heterocycles. The third-order valence-corrected chi connectivity index (χ3v) is 4.68. The molecule has 1 N–H and O–H groups in total. The van der Waals surface area contributed by atoms with E-state index in [9.17, 15) is 8.42 Å². The summed E-state index contributed by atoms with van der Waals surface area (Å²) >= 11 is 5.44. The predicted molar refractivity (Wildman–Crippen MR) is 69.9 cm³/mol. The minimum atomic E-state index is -3.13. The van der Waals surface area contributed by atoms with Gasteiger partial charge in [0.05, 0.1) is 19.0 Å². The maximum Gasteiger partial charge on any atom is 0.211 e. The van der Waals surface area contributed by atoms with Crippen LogP contribution in [0.15, 0.2) is 0 Å². The van der Waals surface area contributed by atoms with Gasteiger partial charge in [0.15, 0.2) is 0 Å². The molecule has 17 heavy (non-hydrogen) atoms. The third-order valence-electron chi connectivity index (χ3n) is 2.97. The van der Waals surface area contributed by atoms with Crippen molar-refractivity contribution in [1.29, 1.82) is 0 Å².